The zero-order valence-electron chi connectivity index (χ0n) is 12.0. The Bertz CT molecular complexity index is 391. The number of hydrogen-bond donors (Lipinski definition) is 3. The Morgan fingerprint density at radius 3 is 2.85 bits per heavy atom. The third-order valence-corrected chi connectivity index (χ3v) is 4.96. The molecule has 0 aromatic rings. The molecule has 2 fully saturated rings. The van der Waals surface area contributed by atoms with E-state index in [0.717, 1.165) is 25.7 Å². The molecule has 1 saturated heterocycles. The van der Waals surface area contributed by atoms with Crippen LogP contribution in [-0.2, 0) is 9.59 Å². The lowest BCUT2D eigenvalue weighted by atomic mass is 9.71. The predicted octanol–water partition coefficient (Wildman–Crippen LogP) is 0.574. The van der Waals surface area contributed by atoms with Crippen LogP contribution in [-0.4, -0.2) is 52.3 Å². The number of nitrogens with one attached hydrogen (secondary N) is 1. The molecule has 0 radical (unpaired) electrons. The number of hydrogen-bond acceptors (Lipinski definition) is 4. The lowest BCUT2D eigenvalue weighted by molar-refractivity contribution is -0.146. The third-order valence-electron chi connectivity index (χ3n) is 4.60. The number of carbonyl (C=O) groups excluding carboxylic acids is 2. The fourth-order valence-corrected chi connectivity index (χ4v) is 3.67. The Balaban J connectivity index is 1.99. The highest BCUT2D eigenvalue weighted by molar-refractivity contribution is 7.80. The summed E-state index contributed by atoms with van der Waals surface area (Å²) in [6, 6.07) is -0.564. The Morgan fingerprint density at radius 2 is 2.20 bits per heavy atom. The van der Waals surface area contributed by atoms with E-state index in [4.69, 9.17) is 0 Å². The molecular formula is C14H24N2O3S. The highest BCUT2D eigenvalue weighted by atomic mass is 32.1. The van der Waals surface area contributed by atoms with Crippen LogP contribution < -0.4 is 5.32 Å². The van der Waals surface area contributed by atoms with E-state index in [1.54, 1.807) is 4.90 Å². The van der Waals surface area contributed by atoms with Crippen LogP contribution in [0.5, 0.6) is 0 Å². The first-order chi connectivity index (χ1) is 9.46. The summed E-state index contributed by atoms with van der Waals surface area (Å²) >= 11 is 4.15. The summed E-state index contributed by atoms with van der Waals surface area (Å²) in [5.74, 6) is 0.169. The van der Waals surface area contributed by atoms with E-state index >= 15 is 0 Å². The smallest absolute Gasteiger partial charge is 0.246 e. The van der Waals surface area contributed by atoms with E-state index in [-0.39, 0.29) is 17.7 Å². The maximum Gasteiger partial charge on any atom is 0.246 e. The van der Waals surface area contributed by atoms with E-state index in [0.29, 0.717) is 25.3 Å². The molecule has 0 aromatic heterocycles. The zero-order valence-corrected chi connectivity index (χ0v) is 12.9. The second kappa shape index (κ2) is 6.35. The molecule has 114 valence electrons. The van der Waals surface area contributed by atoms with Crippen LogP contribution in [0.25, 0.3) is 0 Å². The summed E-state index contributed by atoms with van der Waals surface area (Å²) in [7, 11) is 0. The lowest BCUT2D eigenvalue weighted by Crippen LogP contribution is -2.58. The number of nitrogens with zero attached hydrogens (tertiary/aromatic N) is 1. The first kappa shape index (κ1) is 15.6. The number of amides is 2. The Kier molecular flexibility index (Phi) is 4.96. The first-order valence-corrected chi connectivity index (χ1v) is 7.98. The van der Waals surface area contributed by atoms with Gasteiger partial charge in [-0.25, -0.2) is 0 Å². The molecule has 5 nitrogen and oxygen atoms in total. The number of aliphatic hydroxyl groups is 1. The highest BCUT2D eigenvalue weighted by Gasteiger charge is 2.44. The van der Waals surface area contributed by atoms with Gasteiger partial charge in [-0.1, -0.05) is 12.8 Å². The average molecular weight is 300 g/mol. The molecule has 0 bridgehead atoms. The number of thiol groups is 1. The molecule has 1 saturated carbocycles. The van der Waals surface area contributed by atoms with Gasteiger partial charge in [0.2, 0.25) is 11.8 Å². The fourth-order valence-electron chi connectivity index (χ4n) is 3.42. The molecule has 20 heavy (non-hydrogen) atoms. The van der Waals surface area contributed by atoms with Gasteiger partial charge in [0.25, 0.3) is 0 Å². The van der Waals surface area contributed by atoms with Gasteiger partial charge in [0.15, 0.2) is 0 Å². The Hall–Kier alpha value is -0.750. The molecular weight excluding hydrogens is 276 g/mol. The zero-order chi connectivity index (χ0) is 14.8. The van der Waals surface area contributed by atoms with Gasteiger partial charge in [-0.3, -0.25) is 9.59 Å². The van der Waals surface area contributed by atoms with Crippen molar-refractivity contribution in [2.24, 2.45) is 5.92 Å². The van der Waals surface area contributed by atoms with Crippen LogP contribution in [0.1, 0.15) is 39.0 Å². The molecule has 2 amide bonds. The van der Waals surface area contributed by atoms with Gasteiger partial charge < -0.3 is 15.3 Å². The fraction of sp³-hybridized carbons (Fsp3) is 0.857. The van der Waals surface area contributed by atoms with Gasteiger partial charge >= 0.3 is 0 Å². The van der Waals surface area contributed by atoms with Gasteiger partial charge in [-0.05, 0) is 19.3 Å². The maximum atomic E-state index is 12.4. The number of fused-ring (bicyclic) bond motifs is 1. The van der Waals surface area contributed by atoms with Gasteiger partial charge in [-0.2, -0.15) is 12.6 Å². The molecule has 0 spiro atoms. The second-order valence-corrected chi connectivity index (χ2v) is 6.38. The van der Waals surface area contributed by atoms with Crippen molar-refractivity contribution >= 4 is 24.4 Å². The largest absolute Gasteiger partial charge is 0.389 e. The van der Waals surface area contributed by atoms with Gasteiger partial charge in [0.05, 0.1) is 5.60 Å². The molecule has 1 aliphatic carbocycles. The minimum Gasteiger partial charge on any atom is -0.389 e. The molecule has 3 unspecified atom stereocenters. The first-order valence-electron chi connectivity index (χ1n) is 7.35. The molecule has 2 aliphatic rings. The summed E-state index contributed by atoms with van der Waals surface area (Å²) < 4.78 is 0. The van der Waals surface area contributed by atoms with Crippen LogP contribution in [0.15, 0.2) is 0 Å². The van der Waals surface area contributed by atoms with Crippen molar-refractivity contribution in [3.63, 3.8) is 0 Å². The van der Waals surface area contributed by atoms with E-state index in [2.05, 4.69) is 17.9 Å². The number of piperidine rings is 1. The van der Waals surface area contributed by atoms with Crippen LogP contribution in [0, 0.1) is 5.92 Å². The van der Waals surface area contributed by atoms with E-state index in [1.165, 1.54) is 6.92 Å². The second-order valence-electron chi connectivity index (χ2n) is 6.02. The van der Waals surface area contributed by atoms with Crippen LogP contribution >= 0.6 is 12.6 Å². The third kappa shape index (κ3) is 3.28. The highest BCUT2D eigenvalue weighted by Crippen LogP contribution is 2.39. The summed E-state index contributed by atoms with van der Waals surface area (Å²) in [6.07, 6.45) is 4.67. The predicted molar refractivity (Wildman–Crippen MR) is 79.6 cm³/mol. The van der Waals surface area contributed by atoms with Crippen molar-refractivity contribution in [1.29, 1.82) is 0 Å². The molecule has 1 heterocycles. The van der Waals surface area contributed by atoms with Gasteiger partial charge in [-0.15, -0.1) is 0 Å². The average Bonchev–Trinajstić information content (AvgIpc) is 2.42. The molecule has 1 aliphatic heterocycles. The van der Waals surface area contributed by atoms with Crippen LogP contribution in [0.2, 0.25) is 0 Å². The molecule has 2 rings (SSSR count). The van der Waals surface area contributed by atoms with Crippen LogP contribution in [0.3, 0.4) is 0 Å². The molecule has 0 aromatic carbocycles. The molecule has 6 heteroatoms. The summed E-state index contributed by atoms with van der Waals surface area (Å²) in [5, 5.41) is 13.2. The Morgan fingerprint density at radius 1 is 1.45 bits per heavy atom. The normalized spacial score (nSPS) is 31.4. The van der Waals surface area contributed by atoms with E-state index in [9.17, 15) is 14.7 Å². The topological polar surface area (TPSA) is 69.6 Å². The van der Waals surface area contributed by atoms with Gasteiger partial charge in [0.1, 0.15) is 6.04 Å². The molecule has 2 N–H and O–H groups in total. The summed E-state index contributed by atoms with van der Waals surface area (Å²) in [5.41, 5.74) is -0.584. The van der Waals surface area contributed by atoms with Crippen molar-refractivity contribution in [3.05, 3.63) is 0 Å². The standard InChI is InChI=1S/C14H24N2O3S/c1-10(17)15-12(9-20)13(18)16-7-6-14(19)5-3-2-4-11(14)8-16/h11-12,19-20H,2-9H2,1H3,(H,15,17). The number of rotatable bonds is 3. The van der Waals surface area contributed by atoms with Crippen molar-refractivity contribution in [3.8, 4) is 0 Å². The SMILES string of the molecule is CC(=O)NC(CS)C(=O)N1CCC2(O)CCCCC2C1. The summed E-state index contributed by atoms with van der Waals surface area (Å²) in [4.78, 5) is 25.3. The summed E-state index contributed by atoms with van der Waals surface area (Å²) in [6.45, 7) is 2.56. The van der Waals surface area contributed by atoms with Crippen molar-refractivity contribution in [1.82, 2.24) is 10.2 Å². The van der Waals surface area contributed by atoms with Gasteiger partial charge in [0, 0.05) is 31.7 Å². The van der Waals surface area contributed by atoms with Crippen molar-refractivity contribution < 1.29 is 14.7 Å². The monoisotopic (exact) mass is 300 g/mol. The minimum absolute atomic E-state index is 0.0807. The number of likely N-dealkylation sites (tertiary alicyclic amines) is 1. The Labute approximate surface area is 125 Å². The van der Waals surface area contributed by atoms with Crippen molar-refractivity contribution in [2.45, 2.75) is 50.7 Å². The maximum absolute atomic E-state index is 12.4. The minimum atomic E-state index is -0.584. The number of carbonyl (C=O) groups is 2. The lowest BCUT2D eigenvalue weighted by Gasteiger charge is -2.47. The van der Waals surface area contributed by atoms with E-state index in [1.807, 2.05) is 0 Å². The van der Waals surface area contributed by atoms with Crippen molar-refractivity contribution in [2.75, 3.05) is 18.8 Å². The van der Waals surface area contributed by atoms with Crippen LogP contribution in [0.4, 0.5) is 0 Å². The molecule has 3 atom stereocenters. The van der Waals surface area contributed by atoms with E-state index < -0.39 is 11.6 Å². The quantitative estimate of drug-likeness (QED) is 0.668.